The molecule has 0 saturated carbocycles. The number of nitrogens with one attached hydrogen (secondary N) is 1. The fraction of sp³-hybridized carbons (Fsp3) is 0.263. The molecule has 1 saturated heterocycles. The topological polar surface area (TPSA) is 49.4 Å². The van der Waals surface area contributed by atoms with Crippen molar-refractivity contribution in [2.75, 3.05) is 16.0 Å². The minimum Gasteiger partial charge on any atom is -0.325 e. The Balaban J connectivity index is 1.94. The molecule has 1 heterocycles. The molecule has 2 aromatic carbocycles. The molecule has 0 spiro atoms. The van der Waals surface area contributed by atoms with E-state index in [2.05, 4.69) is 5.32 Å². The summed E-state index contributed by atoms with van der Waals surface area (Å²) in [6, 6.07) is 11.9. The monoisotopic (exact) mass is 392 g/mol. The van der Waals surface area contributed by atoms with Crippen molar-refractivity contribution in [3.8, 4) is 0 Å². The van der Waals surface area contributed by atoms with Crippen LogP contribution in [0.4, 0.5) is 15.8 Å². The zero-order valence-corrected chi connectivity index (χ0v) is 15.9. The van der Waals surface area contributed by atoms with Crippen LogP contribution < -0.4 is 10.2 Å². The van der Waals surface area contributed by atoms with Gasteiger partial charge in [-0.05, 0) is 49.2 Å². The number of carbonyl (C=O) groups excluding carboxylic acids is 2. The molecule has 4 nitrogen and oxygen atoms in total. The smallest absolute Gasteiger partial charge is 0.242 e. The highest BCUT2D eigenvalue weighted by Gasteiger charge is 2.35. The second kappa shape index (κ2) is 7.68. The van der Waals surface area contributed by atoms with Crippen LogP contribution in [-0.4, -0.2) is 22.9 Å². The molecule has 3 rings (SSSR count). The summed E-state index contributed by atoms with van der Waals surface area (Å²) in [6.07, 6.45) is 0. The Labute approximate surface area is 160 Å². The third-order valence-electron chi connectivity index (χ3n) is 4.03. The van der Waals surface area contributed by atoms with Gasteiger partial charge in [0.2, 0.25) is 11.8 Å². The maximum atomic E-state index is 14.3. The molecule has 1 N–H and O–H groups in total. The Morgan fingerprint density at radius 2 is 2.12 bits per heavy atom. The first kappa shape index (κ1) is 18.7. The van der Waals surface area contributed by atoms with Crippen LogP contribution in [0.3, 0.4) is 0 Å². The summed E-state index contributed by atoms with van der Waals surface area (Å²) in [5.74, 6) is -0.612. The zero-order chi connectivity index (χ0) is 18.8. The molecule has 0 aromatic heterocycles. The fourth-order valence-corrected chi connectivity index (χ4v) is 3.96. The number of hydrogen-bond donors (Lipinski definition) is 1. The summed E-state index contributed by atoms with van der Waals surface area (Å²) in [5.41, 5.74) is 2.54. The Morgan fingerprint density at radius 3 is 2.85 bits per heavy atom. The number of aryl methyl sites for hydroxylation is 1. The van der Waals surface area contributed by atoms with Crippen LogP contribution >= 0.6 is 23.4 Å². The molecule has 1 fully saturated rings. The van der Waals surface area contributed by atoms with E-state index >= 15 is 0 Å². The van der Waals surface area contributed by atoms with Crippen LogP contribution in [-0.2, 0) is 9.59 Å². The average molecular weight is 393 g/mol. The van der Waals surface area contributed by atoms with E-state index in [4.69, 9.17) is 11.6 Å². The minimum absolute atomic E-state index is 0.145. The van der Waals surface area contributed by atoms with Crippen molar-refractivity contribution in [3.63, 3.8) is 0 Å². The Morgan fingerprint density at radius 1 is 1.35 bits per heavy atom. The normalized spacial score (nSPS) is 18.1. The summed E-state index contributed by atoms with van der Waals surface area (Å²) in [4.78, 5) is 25.7. The maximum Gasteiger partial charge on any atom is 0.242 e. The van der Waals surface area contributed by atoms with Gasteiger partial charge in [0.1, 0.15) is 16.6 Å². The second-order valence-corrected chi connectivity index (χ2v) is 7.84. The number of anilines is 2. The zero-order valence-electron chi connectivity index (χ0n) is 14.3. The first-order chi connectivity index (χ1) is 12.4. The van der Waals surface area contributed by atoms with E-state index in [0.29, 0.717) is 5.69 Å². The van der Waals surface area contributed by atoms with E-state index < -0.39 is 11.2 Å². The molecule has 2 aromatic rings. The molecule has 2 atom stereocenters. The van der Waals surface area contributed by atoms with Gasteiger partial charge in [-0.1, -0.05) is 18.2 Å². The third-order valence-corrected chi connectivity index (χ3v) is 5.44. The maximum absolute atomic E-state index is 14.3. The summed E-state index contributed by atoms with van der Waals surface area (Å²) in [5, 5.41) is 1.72. The number of benzene rings is 2. The molecule has 1 aliphatic heterocycles. The van der Waals surface area contributed by atoms with E-state index in [9.17, 15) is 14.0 Å². The summed E-state index contributed by atoms with van der Waals surface area (Å²) in [6.45, 7) is 3.45. The molecule has 0 radical (unpaired) electrons. The SMILES string of the molecule is Cc1ccc(F)c(N2C(=O)CS[C@H]2c2cccc(NC(=O)[C@H](C)Cl)c2)c1. The van der Waals surface area contributed by atoms with Gasteiger partial charge in [-0.3, -0.25) is 14.5 Å². The summed E-state index contributed by atoms with van der Waals surface area (Å²) >= 11 is 7.21. The van der Waals surface area contributed by atoms with Crippen molar-refractivity contribution in [1.29, 1.82) is 0 Å². The lowest BCUT2D eigenvalue weighted by molar-refractivity contribution is -0.116. The largest absolute Gasteiger partial charge is 0.325 e. The van der Waals surface area contributed by atoms with Gasteiger partial charge in [-0.2, -0.15) is 0 Å². The number of alkyl halides is 1. The Bertz CT molecular complexity index is 859. The highest BCUT2D eigenvalue weighted by atomic mass is 35.5. The van der Waals surface area contributed by atoms with E-state index in [1.54, 1.807) is 37.3 Å². The molecular weight excluding hydrogens is 375 g/mol. The van der Waals surface area contributed by atoms with Crippen molar-refractivity contribution in [2.45, 2.75) is 24.6 Å². The molecule has 136 valence electrons. The first-order valence-electron chi connectivity index (χ1n) is 8.11. The van der Waals surface area contributed by atoms with Crippen molar-refractivity contribution < 1.29 is 14.0 Å². The molecule has 0 unspecified atom stereocenters. The predicted octanol–water partition coefficient (Wildman–Crippen LogP) is 4.48. The lowest BCUT2D eigenvalue weighted by atomic mass is 10.1. The van der Waals surface area contributed by atoms with Gasteiger partial charge in [0.05, 0.1) is 11.4 Å². The number of carbonyl (C=O) groups is 2. The number of halogens is 2. The minimum atomic E-state index is -0.654. The Hall–Kier alpha value is -2.05. The van der Waals surface area contributed by atoms with Crippen molar-refractivity contribution >= 4 is 46.6 Å². The van der Waals surface area contributed by atoms with E-state index in [1.807, 2.05) is 13.0 Å². The van der Waals surface area contributed by atoms with Crippen LogP contribution in [0.2, 0.25) is 0 Å². The number of rotatable bonds is 4. The molecule has 26 heavy (non-hydrogen) atoms. The van der Waals surface area contributed by atoms with Gasteiger partial charge in [-0.25, -0.2) is 4.39 Å². The molecule has 1 aliphatic rings. The number of amides is 2. The predicted molar refractivity (Wildman–Crippen MR) is 104 cm³/mol. The highest BCUT2D eigenvalue weighted by Crippen LogP contribution is 2.43. The number of nitrogens with zero attached hydrogens (tertiary/aromatic N) is 1. The number of thioether (sulfide) groups is 1. The lowest BCUT2D eigenvalue weighted by Crippen LogP contribution is -2.29. The molecule has 2 amide bonds. The van der Waals surface area contributed by atoms with Crippen LogP contribution in [0.1, 0.15) is 23.4 Å². The molecular formula is C19H18ClFN2O2S. The van der Waals surface area contributed by atoms with Gasteiger partial charge >= 0.3 is 0 Å². The quantitative estimate of drug-likeness (QED) is 0.780. The van der Waals surface area contributed by atoms with Crippen LogP contribution in [0.25, 0.3) is 0 Å². The van der Waals surface area contributed by atoms with Crippen LogP contribution in [0, 0.1) is 12.7 Å². The lowest BCUT2D eigenvalue weighted by Gasteiger charge is -2.25. The van der Waals surface area contributed by atoms with Gasteiger partial charge in [0.15, 0.2) is 0 Å². The van der Waals surface area contributed by atoms with E-state index in [0.717, 1.165) is 11.1 Å². The highest BCUT2D eigenvalue weighted by molar-refractivity contribution is 8.00. The third kappa shape index (κ3) is 3.86. The Kier molecular flexibility index (Phi) is 5.53. The molecule has 0 aliphatic carbocycles. The van der Waals surface area contributed by atoms with Crippen molar-refractivity contribution in [1.82, 2.24) is 0 Å². The summed E-state index contributed by atoms with van der Waals surface area (Å²) < 4.78 is 14.3. The van der Waals surface area contributed by atoms with Gasteiger partial charge in [0.25, 0.3) is 0 Å². The van der Waals surface area contributed by atoms with Gasteiger partial charge < -0.3 is 5.32 Å². The first-order valence-corrected chi connectivity index (χ1v) is 9.60. The second-order valence-electron chi connectivity index (χ2n) is 6.11. The number of hydrogen-bond acceptors (Lipinski definition) is 3. The molecule has 7 heteroatoms. The van der Waals surface area contributed by atoms with Crippen LogP contribution in [0.5, 0.6) is 0 Å². The molecule has 0 bridgehead atoms. The van der Waals surface area contributed by atoms with Crippen molar-refractivity contribution in [2.24, 2.45) is 0 Å². The standard InChI is InChI=1S/C19H18ClFN2O2S/c1-11-6-7-15(21)16(8-11)23-17(24)10-26-19(23)13-4-3-5-14(9-13)22-18(25)12(2)20/h3-9,12,19H,10H2,1-2H3,(H,22,25)/t12-,19-/m0/s1. The van der Waals surface area contributed by atoms with Gasteiger partial charge in [-0.15, -0.1) is 23.4 Å². The van der Waals surface area contributed by atoms with Crippen molar-refractivity contribution in [3.05, 3.63) is 59.4 Å². The van der Waals surface area contributed by atoms with E-state index in [-0.39, 0.29) is 28.6 Å². The fourth-order valence-electron chi connectivity index (χ4n) is 2.75. The van der Waals surface area contributed by atoms with Gasteiger partial charge in [0, 0.05) is 5.69 Å². The van der Waals surface area contributed by atoms with E-state index in [1.165, 1.54) is 22.7 Å². The summed E-state index contributed by atoms with van der Waals surface area (Å²) in [7, 11) is 0. The van der Waals surface area contributed by atoms with Crippen LogP contribution in [0.15, 0.2) is 42.5 Å². The average Bonchev–Trinajstić information content (AvgIpc) is 2.98.